The largest absolute Gasteiger partial charge is 0.497 e. The van der Waals surface area contributed by atoms with Gasteiger partial charge in [0.15, 0.2) is 11.5 Å². The third-order valence-electron chi connectivity index (χ3n) is 7.69. The maximum Gasteiger partial charge on any atom is 0.246 e. The highest BCUT2D eigenvalue weighted by atomic mass is 16.5. The van der Waals surface area contributed by atoms with Crippen molar-refractivity contribution in [1.82, 2.24) is 24.6 Å². The van der Waals surface area contributed by atoms with E-state index in [0.29, 0.717) is 48.3 Å². The van der Waals surface area contributed by atoms with E-state index in [-0.39, 0.29) is 11.9 Å². The first-order chi connectivity index (χ1) is 22.4. The van der Waals surface area contributed by atoms with E-state index in [9.17, 15) is 4.79 Å². The van der Waals surface area contributed by atoms with Crippen LogP contribution in [0.2, 0.25) is 0 Å². The zero-order chi connectivity index (χ0) is 31.9. The van der Waals surface area contributed by atoms with Crippen LogP contribution in [0.4, 0.5) is 5.82 Å². The van der Waals surface area contributed by atoms with Crippen molar-refractivity contribution >= 4 is 22.8 Å². The summed E-state index contributed by atoms with van der Waals surface area (Å²) in [6.45, 7) is 2.48. The molecule has 1 aliphatic rings. The lowest BCUT2D eigenvalue weighted by molar-refractivity contribution is -0.125. The number of hydrogen-bond acceptors (Lipinski definition) is 8. The minimum absolute atomic E-state index is 0.0198. The molecule has 0 aliphatic carbocycles. The number of para-hydroxylation sites is 1. The smallest absolute Gasteiger partial charge is 0.246 e. The Balaban J connectivity index is 1.25. The lowest BCUT2D eigenvalue weighted by Crippen LogP contribution is -2.30. The minimum Gasteiger partial charge on any atom is -0.497 e. The van der Waals surface area contributed by atoms with Crippen LogP contribution in [-0.4, -0.2) is 77.4 Å². The van der Waals surface area contributed by atoms with E-state index in [4.69, 9.17) is 24.3 Å². The molecule has 1 fully saturated rings. The molecule has 5 aromatic rings. The monoisotopic (exact) mass is 618 g/mol. The van der Waals surface area contributed by atoms with Gasteiger partial charge in [-0.1, -0.05) is 36.4 Å². The Morgan fingerprint density at radius 3 is 2.35 bits per heavy atom. The van der Waals surface area contributed by atoms with Gasteiger partial charge in [0.2, 0.25) is 5.91 Å². The Labute approximate surface area is 268 Å². The number of nitrogens with zero attached hydrogens (tertiary/aromatic N) is 5. The van der Waals surface area contributed by atoms with Gasteiger partial charge in [0, 0.05) is 44.0 Å². The van der Waals surface area contributed by atoms with E-state index in [1.165, 1.54) is 0 Å². The Bertz CT molecular complexity index is 1790. The average molecular weight is 619 g/mol. The van der Waals surface area contributed by atoms with E-state index < -0.39 is 0 Å². The zero-order valence-electron chi connectivity index (χ0n) is 26.3. The second-order valence-electron chi connectivity index (χ2n) is 11.4. The van der Waals surface area contributed by atoms with Crippen molar-refractivity contribution in [3.05, 3.63) is 109 Å². The molecule has 1 saturated heterocycles. The molecule has 1 amide bonds. The van der Waals surface area contributed by atoms with Crippen molar-refractivity contribution in [3.63, 3.8) is 0 Å². The van der Waals surface area contributed by atoms with Gasteiger partial charge in [-0.3, -0.25) is 4.79 Å². The van der Waals surface area contributed by atoms with Gasteiger partial charge < -0.3 is 29.3 Å². The molecule has 3 aromatic carbocycles. The molecule has 6 rings (SSSR count). The number of methoxy groups -OCH3 is 1. The molecule has 236 valence electrons. The summed E-state index contributed by atoms with van der Waals surface area (Å²) in [6, 6.07) is 27.0. The predicted octanol–water partition coefficient (Wildman–Crippen LogP) is 6.20. The molecule has 0 spiro atoms. The quantitative estimate of drug-likeness (QED) is 0.165. The number of nitrogens with one attached hydrogen (secondary N) is 1. The van der Waals surface area contributed by atoms with Gasteiger partial charge in [-0.15, -0.1) is 0 Å². The molecular formula is C36H38N6O4. The zero-order valence-corrected chi connectivity index (χ0v) is 26.3. The summed E-state index contributed by atoms with van der Waals surface area (Å²) in [7, 11) is 5.61. The molecule has 3 heterocycles. The molecule has 1 aliphatic heterocycles. The second kappa shape index (κ2) is 14.2. The fraction of sp³-hybridized carbons (Fsp3) is 0.250. The molecule has 1 atom stereocenters. The fourth-order valence-electron chi connectivity index (χ4n) is 5.34. The van der Waals surface area contributed by atoms with Crippen LogP contribution in [0.25, 0.3) is 11.0 Å². The van der Waals surface area contributed by atoms with Crippen molar-refractivity contribution in [2.75, 3.05) is 46.2 Å². The maximum absolute atomic E-state index is 12.8. The number of anilines is 1. The Morgan fingerprint density at radius 1 is 0.935 bits per heavy atom. The van der Waals surface area contributed by atoms with Crippen molar-refractivity contribution in [1.29, 1.82) is 0 Å². The Hall–Kier alpha value is -5.35. The highest BCUT2D eigenvalue weighted by Crippen LogP contribution is 2.36. The number of aromatic nitrogens is 3. The summed E-state index contributed by atoms with van der Waals surface area (Å²) in [5.74, 6) is 4.24. The summed E-state index contributed by atoms with van der Waals surface area (Å²) in [6.07, 6.45) is 6.09. The van der Waals surface area contributed by atoms with Gasteiger partial charge in [0.05, 0.1) is 13.7 Å². The van der Waals surface area contributed by atoms with Crippen molar-refractivity contribution < 1.29 is 19.0 Å². The third kappa shape index (κ3) is 7.47. The van der Waals surface area contributed by atoms with Crippen LogP contribution in [-0.2, 0) is 11.3 Å². The summed E-state index contributed by atoms with van der Waals surface area (Å²) in [5.41, 5.74) is 1.75. The number of fused-ring (bicyclic) bond motifs is 1. The lowest BCUT2D eigenvalue weighted by atomic mass is 10.2. The van der Waals surface area contributed by atoms with Crippen molar-refractivity contribution in [2.45, 2.75) is 19.0 Å². The molecule has 0 unspecified atom stereocenters. The second-order valence-corrected chi connectivity index (χ2v) is 11.4. The van der Waals surface area contributed by atoms with E-state index in [0.717, 1.165) is 35.4 Å². The summed E-state index contributed by atoms with van der Waals surface area (Å²) in [5, 5.41) is 9.37. The van der Waals surface area contributed by atoms with Gasteiger partial charge in [-0.05, 0) is 74.6 Å². The van der Waals surface area contributed by atoms with Crippen LogP contribution in [0.3, 0.4) is 0 Å². The van der Waals surface area contributed by atoms with E-state index >= 15 is 0 Å². The summed E-state index contributed by atoms with van der Waals surface area (Å²) >= 11 is 0. The molecule has 10 nitrogen and oxygen atoms in total. The number of amides is 1. The molecule has 0 radical (unpaired) electrons. The number of carbonyl (C=O) groups excluding carboxylic acids is 1. The molecule has 10 heteroatoms. The molecular weight excluding hydrogens is 580 g/mol. The van der Waals surface area contributed by atoms with Crippen LogP contribution < -0.4 is 19.5 Å². The van der Waals surface area contributed by atoms with Gasteiger partial charge >= 0.3 is 0 Å². The van der Waals surface area contributed by atoms with Crippen LogP contribution in [0.1, 0.15) is 12.0 Å². The molecule has 2 aromatic heterocycles. The number of carbonyl (C=O) groups is 1. The van der Waals surface area contributed by atoms with Gasteiger partial charge in [-0.2, -0.15) is 5.10 Å². The van der Waals surface area contributed by atoms with Crippen LogP contribution in [0, 0.1) is 0 Å². The van der Waals surface area contributed by atoms with E-state index in [1.807, 2.05) is 120 Å². The van der Waals surface area contributed by atoms with E-state index in [1.54, 1.807) is 19.4 Å². The first-order valence-corrected chi connectivity index (χ1v) is 15.3. The SMILES string of the molecule is COc1ccc(Cn2nc(N[C@@H]3CCN(C(=O)C=CCN(C)C)C3)c3c(Oc4ccc(Oc5ccccc5)cc4)ccnc32)cc1. The van der Waals surface area contributed by atoms with Crippen molar-refractivity contribution in [2.24, 2.45) is 0 Å². The van der Waals surface area contributed by atoms with Gasteiger partial charge in [-0.25, -0.2) is 9.67 Å². The number of likely N-dealkylation sites (N-methyl/N-ethyl adjacent to an activating group) is 1. The summed E-state index contributed by atoms with van der Waals surface area (Å²) in [4.78, 5) is 21.4. The highest BCUT2D eigenvalue weighted by molar-refractivity contribution is 5.94. The van der Waals surface area contributed by atoms with Gasteiger partial charge in [0.25, 0.3) is 0 Å². The van der Waals surface area contributed by atoms with Crippen molar-refractivity contribution in [3.8, 4) is 28.7 Å². The predicted molar refractivity (Wildman–Crippen MR) is 179 cm³/mol. The minimum atomic E-state index is 0.0198. The van der Waals surface area contributed by atoms with Gasteiger partial charge in [0.1, 0.15) is 34.1 Å². The van der Waals surface area contributed by atoms with Crippen LogP contribution in [0.15, 0.2) is 103 Å². The highest BCUT2D eigenvalue weighted by Gasteiger charge is 2.27. The first-order valence-electron chi connectivity index (χ1n) is 15.3. The number of hydrogen-bond donors (Lipinski definition) is 1. The normalized spacial score (nSPS) is 14.7. The average Bonchev–Trinajstić information content (AvgIpc) is 3.68. The standard InChI is InChI=1S/C36H38N6O4/c1-40(2)22-7-10-33(43)41-23-20-27(25-41)38-35-34-32(46-31-17-15-30(16-18-31)45-29-8-5-4-6-9-29)19-21-37-36(34)42(39-35)24-26-11-13-28(44-3)14-12-26/h4-19,21,27H,20,22-25H2,1-3H3,(H,38,39)/t27-/m1/s1. The van der Waals surface area contributed by atoms with E-state index in [2.05, 4.69) is 5.32 Å². The Kier molecular flexibility index (Phi) is 9.45. The molecule has 1 N–H and O–H groups in total. The Morgan fingerprint density at radius 2 is 1.63 bits per heavy atom. The van der Waals surface area contributed by atoms with Crippen LogP contribution >= 0.6 is 0 Å². The molecule has 46 heavy (non-hydrogen) atoms. The number of likely N-dealkylation sites (tertiary alicyclic amines) is 1. The number of benzene rings is 3. The fourth-order valence-corrected chi connectivity index (χ4v) is 5.34. The maximum atomic E-state index is 12.8. The molecule has 0 bridgehead atoms. The topological polar surface area (TPSA) is 94.0 Å². The lowest BCUT2D eigenvalue weighted by Gasteiger charge is -2.16. The number of rotatable bonds is 12. The van der Waals surface area contributed by atoms with Crippen LogP contribution in [0.5, 0.6) is 28.7 Å². The third-order valence-corrected chi connectivity index (χ3v) is 7.69. The number of ether oxygens (including phenoxy) is 3. The first kappa shape index (κ1) is 30.7. The molecule has 0 saturated carbocycles. The summed E-state index contributed by atoms with van der Waals surface area (Å²) < 4.78 is 19.6. The number of pyridine rings is 1.